The number of nitrogens with one attached hydrogen (secondary N) is 3. The van der Waals surface area contributed by atoms with Gasteiger partial charge in [-0.15, -0.1) is 0 Å². The molecule has 0 saturated carbocycles. The fraction of sp³-hybridized carbons (Fsp3) is 0.273. The topological polar surface area (TPSA) is 65.5 Å². The molecule has 0 fully saturated rings. The van der Waals surface area contributed by atoms with Crippen molar-refractivity contribution in [1.82, 2.24) is 10.7 Å². The molecule has 1 aromatic rings. The fourth-order valence-electron chi connectivity index (χ4n) is 1.97. The van der Waals surface area contributed by atoms with E-state index in [0.717, 1.165) is 35.5 Å². The zero-order chi connectivity index (χ0) is 11.0. The molecule has 3 rings (SSSR count). The molecular formula is C11H12N4O. The predicted octanol–water partition coefficient (Wildman–Crippen LogP) is 1.02. The summed E-state index contributed by atoms with van der Waals surface area (Å²) in [5, 5.41) is 9.75. The van der Waals surface area contributed by atoms with Crippen LogP contribution < -0.4 is 16.1 Å². The molecule has 5 nitrogen and oxygen atoms in total. The minimum atomic E-state index is -0.139. The lowest BCUT2D eigenvalue weighted by atomic mass is 10.0. The molecule has 82 valence electrons. The average Bonchev–Trinajstić information content (AvgIpc) is 2.82. The molecule has 5 heteroatoms. The van der Waals surface area contributed by atoms with Gasteiger partial charge < -0.3 is 16.1 Å². The number of hydrogen-bond acceptors (Lipinski definition) is 3. The number of nitrogens with zero attached hydrogens (tertiary/aromatic N) is 1. The molecule has 1 aromatic carbocycles. The van der Waals surface area contributed by atoms with Gasteiger partial charge in [-0.25, -0.2) is 4.79 Å². The zero-order valence-electron chi connectivity index (χ0n) is 8.71. The number of urea groups is 1. The summed E-state index contributed by atoms with van der Waals surface area (Å²) in [5.41, 5.74) is 7.16. The van der Waals surface area contributed by atoms with Gasteiger partial charge >= 0.3 is 6.03 Å². The minimum Gasteiger partial charge on any atom is -0.334 e. The second-order valence-electron chi connectivity index (χ2n) is 3.90. The Labute approximate surface area is 92.9 Å². The Kier molecular flexibility index (Phi) is 2.02. The summed E-state index contributed by atoms with van der Waals surface area (Å²) in [7, 11) is 0. The van der Waals surface area contributed by atoms with Crippen molar-refractivity contribution in [1.29, 1.82) is 0 Å². The number of anilines is 1. The molecule has 3 N–H and O–H groups in total. The molecule has 0 bridgehead atoms. The van der Waals surface area contributed by atoms with Gasteiger partial charge in [0.2, 0.25) is 0 Å². The van der Waals surface area contributed by atoms with Gasteiger partial charge in [0, 0.05) is 25.2 Å². The first-order valence-corrected chi connectivity index (χ1v) is 5.30. The van der Waals surface area contributed by atoms with Crippen molar-refractivity contribution in [3.8, 4) is 0 Å². The molecule has 2 heterocycles. The van der Waals surface area contributed by atoms with Gasteiger partial charge in [-0.1, -0.05) is 6.07 Å². The van der Waals surface area contributed by atoms with Gasteiger partial charge in [-0.05, 0) is 23.3 Å². The number of rotatable bonds is 1. The first-order valence-electron chi connectivity index (χ1n) is 5.30. The summed E-state index contributed by atoms with van der Waals surface area (Å²) in [6.45, 7) is 1.48. The lowest BCUT2D eigenvalue weighted by Crippen LogP contribution is -2.33. The molecular weight excluding hydrogens is 204 g/mol. The zero-order valence-corrected chi connectivity index (χ0v) is 8.71. The molecule has 0 saturated heterocycles. The van der Waals surface area contributed by atoms with Crippen LogP contribution in [0.5, 0.6) is 0 Å². The number of benzene rings is 1. The molecule has 0 aromatic heterocycles. The number of hydrogen-bond donors (Lipinski definition) is 3. The SMILES string of the molecule is O=C1NCc2cc(C3=NNCC3)ccc2N1. The van der Waals surface area contributed by atoms with E-state index >= 15 is 0 Å². The normalized spacial score (nSPS) is 18.0. The smallest absolute Gasteiger partial charge is 0.319 e. The third-order valence-corrected chi connectivity index (χ3v) is 2.81. The van der Waals surface area contributed by atoms with Crippen LogP contribution in [0.3, 0.4) is 0 Å². The van der Waals surface area contributed by atoms with Gasteiger partial charge in [0.05, 0.1) is 5.71 Å². The van der Waals surface area contributed by atoms with E-state index in [1.165, 1.54) is 0 Å². The molecule has 2 amide bonds. The summed E-state index contributed by atoms with van der Waals surface area (Å²) < 4.78 is 0. The Morgan fingerprint density at radius 3 is 3.06 bits per heavy atom. The number of carbonyl (C=O) groups is 1. The van der Waals surface area contributed by atoms with E-state index in [2.05, 4.69) is 27.2 Å². The van der Waals surface area contributed by atoms with Crippen LogP contribution in [0, 0.1) is 0 Å². The van der Waals surface area contributed by atoms with Crippen LogP contribution in [0.1, 0.15) is 17.5 Å². The fourth-order valence-corrected chi connectivity index (χ4v) is 1.97. The minimum absolute atomic E-state index is 0.139. The van der Waals surface area contributed by atoms with Gasteiger partial charge in [0.25, 0.3) is 0 Å². The predicted molar refractivity (Wildman–Crippen MR) is 61.5 cm³/mol. The van der Waals surface area contributed by atoms with Crippen LogP contribution in [0.4, 0.5) is 10.5 Å². The van der Waals surface area contributed by atoms with E-state index in [4.69, 9.17) is 0 Å². The second-order valence-corrected chi connectivity index (χ2v) is 3.90. The van der Waals surface area contributed by atoms with E-state index < -0.39 is 0 Å². The lowest BCUT2D eigenvalue weighted by Gasteiger charge is -2.18. The third kappa shape index (κ3) is 1.50. The monoisotopic (exact) mass is 216 g/mol. The van der Waals surface area contributed by atoms with Gasteiger partial charge in [0.15, 0.2) is 0 Å². The molecule has 0 unspecified atom stereocenters. The van der Waals surface area contributed by atoms with Gasteiger partial charge in [0.1, 0.15) is 0 Å². The molecule has 0 radical (unpaired) electrons. The van der Waals surface area contributed by atoms with E-state index in [9.17, 15) is 4.79 Å². The van der Waals surface area contributed by atoms with Crippen LogP contribution in [-0.4, -0.2) is 18.3 Å². The quantitative estimate of drug-likeness (QED) is 0.656. The molecule has 0 spiro atoms. The van der Waals surface area contributed by atoms with Crippen molar-refractivity contribution < 1.29 is 4.79 Å². The first-order chi connectivity index (χ1) is 7.83. The van der Waals surface area contributed by atoms with Crippen molar-refractivity contribution in [2.45, 2.75) is 13.0 Å². The number of amides is 2. The summed E-state index contributed by atoms with van der Waals surface area (Å²) >= 11 is 0. The van der Waals surface area contributed by atoms with E-state index in [-0.39, 0.29) is 6.03 Å². The Balaban J connectivity index is 1.96. The summed E-state index contributed by atoms with van der Waals surface area (Å²) in [6, 6.07) is 5.87. The molecule has 2 aliphatic heterocycles. The van der Waals surface area contributed by atoms with Crippen molar-refractivity contribution in [3.05, 3.63) is 29.3 Å². The van der Waals surface area contributed by atoms with Gasteiger partial charge in [-0.2, -0.15) is 5.10 Å². The molecule has 16 heavy (non-hydrogen) atoms. The highest BCUT2D eigenvalue weighted by molar-refractivity contribution is 6.02. The van der Waals surface area contributed by atoms with E-state index in [0.29, 0.717) is 6.54 Å². The van der Waals surface area contributed by atoms with Crippen LogP contribution in [0.2, 0.25) is 0 Å². The van der Waals surface area contributed by atoms with Crippen molar-refractivity contribution in [2.75, 3.05) is 11.9 Å². The summed E-state index contributed by atoms with van der Waals surface area (Å²) in [4.78, 5) is 11.1. The van der Waals surface area contributed by atoms with Crippen molar-refractivity contribution in [3.63, 3.8) is 0 Å². The largest absolute Gasteiger partial charge is 0.334 e. The van der Waals surface area contributed by atoms with Crippen LogP contribution in [0.25, 0.3) is 0 Å². The van der Waals surface area contributed by atoms with Gasteiger partial charge in [-0.3, -0.25) is 0 Å². The number of fused-ring (bicyclic) bond motifs is 1. The highest BCUT2D eigenvalue weighted by Crippen LogP contribution is 2.21. The summed E-state index contributed by atoms with van der Waals surface area (Å²) in [5.74, 6) is 0. The number of hydrazone groups is 1. The maximum absolute atomic E-state index is 11.1. The van der Waals surface area contributed by atoms with E-state index in [1.807, 2.05) is 12.1 Å². The average molecular weight is 216 g/mol. The Morgan fingerprint density at radius 1 is 1.31 bits per heavy atom. The Hall–Kier alpha value is -2.04. The van der Waals surface area contributed by atoms with Crippen LogP contribution in [0.15, 0.2) is 23.3 Å². The molecule has 0 atom stereocenters. The standard InChI is InChI=1S/C11H12N4O/c16-11-12-6-8-5-7(1-2-9(8)14-11)10-3-4-13-15-10/h1-2,5,13H,3-4,6H2,(H2,12,14,16). The highest BCUT2D eigenvalue weighted by atomic mass is 16.2. The van der Waals surface area contributed by atoms with E-state index in [1.54, 1.807) is 0 Å². The number of carbonyl (C=O) groups excluding carboxylic acids is 1. The van der Waals surface area contributed by atoms with Crippen LogP contribution >= 0.6 is 0 Å². The molecule has 2 aliphatic rings. The Bertz CT molecular complexity index is 481. The second kappa shape index (κ2) is 3.52. The summed E-state index contributed by atoms with van der Waals surface area (Å²) in [6.07, 6.45) is 0.957. The van der Waals surface area contributed by atoms with Crippen molar-refractivity contribution in [2.24, 2.45) is 5.10 Å². The maximum Gasteiger partial charge on any atom is 0.319 e. The third-order valence-electron chi connectivity index (χ3n) is 2.81. The first kappa shape index (κ1) is 9.21. The lowest BCUT2D eigenvalue weighted by molar-refractivity contribution is 0.251. The molecule has 0 aliphatic carbocycles. The van der Waals surface area contributed by atoms with Crippen molar-refractivity contribution >= 4 is 17.4 Å². The Morgan fingerprint density at radius 2 is 2.25 bits per heavy atom. The highest BCUT2D eigenvalue weighted by Gasteiger charge is 2.16. The van der Waals surface area contributed by atoms with Crippen LogP contribution in [-0.2, 0) is 6.54 Å². The maximum atomic E-state index is 11.1.